The summed E-state index contributed by atoms with van der Waals surface area (Å²) < 4.78 is 28.8. The van der Waals surface area contributed by atoms with Gasteiger partial charge in [-0.2, -0.15) is 0 Å². The van der Waals surface area contributed by atoms with Crippen LogP contribution in [0.3, 0.4) is 0 Å². The van der Waals surface area contributed by atoms with Gasteiger partial charge in [0.2, 0.25) is 0 Å². The van der Waals surface area contributed by atoms with E-state index in [2.05, 4.69) is 5.32 Å². The first-order valence-corrected chi connectivity index (χ1v) is 6.53. The lowest BCUT2D eigenvalue weighted by atomic mass is 10.2. The van der Waals surface area contributed by atoms with Crippen LogP contribution in [0.15, 0.2) is 42.5 Å². The molecule has 0 heterocycles. The van der Waals surface area contributed by atoms with Gasteiger partial charge in [0, 0.05) is 6.07 Å². The van der Waals surface area contributed by atoms with E-state index in [1.54, 1.807) is 30.3 Å². The molecule has 0 atom stereocenters. The van der Waals surface area contributed by atoms with E-state index in [0.717, 1.165) is 0 Å². The lowest BCUT2D eigenvalue weighted by molar-refractivity contribution is -0.118. The standard InChI is InChI=1S/C16H16FNO4/c1-20-11-7-8-13(15(9-11)21-2)18-16(19)10-22-14-6-4-3-5-12(14)17/h3-9H,10H2,1-2H3,(H,18,19). The number of methoxy groups -OCH3 is 2. The lowest BCUT2D eigenvalue weighted by Crippen LogP contribution is -2.20. The summed E-state index contributed by atoms with van der Waals surface area (Å²) in [6.45, 7) is -0.309. The van der Waals surface area contributed by atoms with E-state index in [1.807, 2.05) is 0 Å². The molecule has 1 N–H and O–H groups in total. The van der Waals surface area contributed by atoms with Crippen molar-refractivity contribution in [2.45, 2.75) is 0 Å². The summed E-state index contributed by atoms with van der Waals surface area (Å²) in [6, 6.07) is 10.9. The van der Waals surface area contributed by atoms with Crippen LogP contribution in [0.2, 0.25) is 0 Å². The second kappa shape index (κ2) is 7.31. The van der Waals surface area contributed by atoms with Crippen molar-refractivity contribution in [1.29, 1.82) is 0 Å². The van der Waals surface area contributed by atoms with Crippen LogP contribution in [0.1, 0.15) is 0 Å². The zero-order chi connectivity index (χ0) is 15.9. The van der Waals surface area contributed by atoms with Gasteiger partial charge in [-0.15, -0.1) is 0 Å². The Morgan fingerprint density at radius 1 is 1.09 bits per heavy atom. The maximum atomic E-state index is 13.4. The molecule has 0 aromatic heterocycles. The highest BCUT2D eigenvalue weighted by atomic mass is 19.1. The van der Waals surface area contributed by atoms with Gasteiger partial charge in [0.05, 0.1) is 19.9 Å². The van der Waals surface area contributed by atoms with Gasteiger partial charge >= 0.3 is 0 Å². The van der Waals surface area contributed by atoms with E-state index in [1.165, 1.54) is 26.4 Å². The van der Waals surface area contributed by atoms with Gasteiger partial charge in [-0.3, -0.25) is 4.79 Å². The number of nitrogens with one attached hydrogen (secondary N) is 1. The number of carbonyl (C=O) groups is 1. The predicted octanol–water partition coefficient (Wildman–Crippen LogP) is 2.86. The van der Waals surface area contributed by atoms with Crippen molar-refractivity contribution in [3.8, 4) is 17.2 Å². The molecule has 1 amide bonds. The molecule has 0 radical (unpaired) electrons. The largest absolute Gasteiger partial charge is 0.497 e. The number of amides is 1. The summed E-state index contributed by atoms with van der Waals surface area (Å²) in [5, 5.41) is 2.64. The Balaban J connectivity index is 1.99. The van der Waals surface area contributed by atoms with Crippen molar-refractivity contribution in [2.24, 2.45) is 0 Å². The molecule has 0 aliphatic heterocycles. The van der Waals surface area contributed by atoms with Crippen molar-refractivity contribution >= 4 is 11.6 Å². The molecular weight excluding hydrogens is 289 g/mol. The van der Waals surface area contributed by atoms with E-state index in [-0.39, 0.29) is 12.4 Å². The van der Waals surface area contributed by atoms with Crippen molar-refractivity contribution in [1.82, 2.24) is 0 Å². The maximum absolute atomic E-state index is 13.4. The minimum atomic E-state index is -0.516. The van der Waals surface area contributed by atoms with E-state index in [0.29, 0.717) is 17.2 Å². The van der Waals surface area contributed by atoms with E-state index in [9.17, 15) is 9.18 Å². The Bertz CT molecular complexity index is 660. The Kier molecular flexibility index (Phi) is 5.19. The summed E-state index contributed by atoms with van der Waals surface area (Å²) >= 11 is 0. The van der Waals surface area contributed by atoms with Gasteiger partial charge in [-0.05, 0) is 24.3 Å². The van der Waals surface area contributed by atoms with Gasteiger partial charge < -0.3 is 19.5 Å². The molecule has 0 saturated carbocycles. The van der Waals surface area contributed by atoms with Crippen LogP contribution < -0.4 is 19.5 Å². The van der Waals surface area contributed by atoms with E-state index >= 15 is 0 Å². The highest BCUT2D eigenvalue weighted by molar-refractivity contribution is 5.93. The summed E-state index contributed by atoms with van der Waals surface area (Å²) in [5.41, 5.74) is 0.477. The van der Waals surface area contributed by atoms with Crippen LogP contribution in [-0.2, 0) is 4.79 Å². The molecule has 0 fully saturated rings. The molecule has 0 aliphatic rings. The van der Waals surface area contributed by atoms with Gasteiger partial charge in [-0.25, -0.2) is 4.39 Å². The Hall–Kier alpha value is -2.76. The number of halogens is 1. The highest BCUT2D eigenvalue weighted by Crippen LogP contribution is 2.29. The minimum Gasteiger partial charge on any atom is -0.497 e. The van der Waals surface area contributed by atoms with Crippen LogP contribution in [0.25, 0.3) is 0 Å². The molecular formula is C16H16FNO4. The monoisotopic (exact) mass is 305 g/mol. The van der Waals surface area contributed by atoms with Gasteiger partial charge in [0.25, 0.3) is 5.91 Å². The molecule has 5 nitrogen and oxygen atoms in total. The summed E-state index contributed by atoms with van der Waals surface area (Å²) in [7, 11) is 3.02. The fraction of sp³-hybridized carbons (Fsp3) is 0.188. The summed E-state index contributed by atoms with van der Waals surface area (Å²) in [5.74, 6) is 0.152. The summed E-state index contributed by atoms with van der Waals surface area (Å²) in [6.07, 6.45) is 0. The second-order valence-corrected chi connectivity index (χ2v) is 4.33. The third-order valence-electron chi connectivity index (χ3n) is 2.88. The topological polar surface area (TPSA) is 56.8 Å². The Morgan fingerprint density at radius 3 is 2.55 bits per heavy atom. The van der Waals surface area contributed by atoms with Gasteiger partial charge in [0.15, 0.2) is 18.2 Å². The second-order valence-electron chi connectivity index (χ2n) is 4.33. The van der Waals surface area contributed by atoms with Crippen LogP contribution in [-0.4, -0.2) is 26.7 Å². The number of carbonyl (C=O) groups excluding carboxylic acids is 1. The molecule has 2 aromatic carbocycles. The van der Waals surface area contributed by atoms with Crippen LogP contribution in [0, 0.1) is 5.82 Å². The normalized spacial score (nSPS) is 9.95. The first kappa shape index (κ1) is 15.6. The number of para-hydroxylation sites is 1. The van der Waals surface area contributed by atoms with Crippen LogP contribution in [0.4, 0.5) is 10.1 Å². The molecule has 0 spiro atoms. The fourth-order valence-corrected chi connectivity index (χ4v) is 1.79. The molecule has 22 heavy (non-hydrogen) atoms. The number of benzene rings is 2. The first-order valence-electron chi connectivity index (χ1n) is 6.53. The molecule has 2 rings (SSSR count). The molecule has 0 saturated heterocycles. The molecule has 116 valence electrons. The van der Waals surface area contributed by atoms with Crippen molar-refractivity contribution in [3.63, 3.8) is 0 Å². The number of anilines is 1. The minimum absolute atomic E-state index is 0.0272. The van der Waals surface area contributed by atoms with Gasteiger partial charge in [-0.1, -0.05) is 12.1 Å². The van der Waals surface area contributed by atoms with E-state index in [4.69, 9.17) is 14.2 Å². The predicted molar refractivity (Wildman–Crippen MR) is 80.1 cm³/mol. The van der Waals surface area contributed by atoms with Gasteiger partial charge in [0.1, 0.15) is 11.5 Å². The number of hydrogen-bond donors (Lipinski definition) is 1. The molecule has 6 heteroatoms. The van der Waals surface area contributed by atoms with E-state index < -0.39 is 11.7 Å². The number of ether oxygens (including phenoxy) is 3. The van der Waals surface area contributed by atoms with Crippen LogP contribution >= 0.6 is 0 Å². The van der Waals surface area contributed by atoms with Crippen molar-refractivity contribution < 1.29 is 23.4 Å². The average molecular weight is 305 g/mol. The van der Waals surface area contributed by atoms with Crippen LogP contribution in [0.5, 0.6) is 17.2 Å². The summed E-state index contributed by atoms with van der Waals surface area (Å²) in [4.78, 5) is 11.9. The third kappa shape index (κ3) is 3.88. The zero-order valence-electron chi connectivity index (χ0n) is 12.3. The Labute approximate surface area is 127 Å². The van der Waals surface area contributed by atoms with Crippen molar-refractivity contribution in [2.75, 3.05) is 26.1 Å². The zero-order valence-corrected chi connectivity index (χ0v) is 12.3. The smallest absolute Gasteiger partial charge is 0.262 e. The highest BCUT2D eigenvalue weighted by Gasteiger charge is 2.10. The number of rotatable bonds is 6. The first-order chi connectivity index (χ1) is 10.6. The third-order valence-corrected chi connectivity index (χ3v) is 2.88. The Morgan fingerprint density at radius 2 is 1.86 bits per heavy atom. The van der Waals surface area contributed by atoms with Crippen molar-refractivity contribution in [3.05, 3.63) is 48.3 Å². The molecule has 0 aliphatic carbocycles. The molecule has 0 unspecified atom stereocenters. The lowest BCUT2D eigenvalue weighted by Gasteiger charge is -2.12. The average Bonchev–Trinajstić information content (AvgIpc) is 2.54. The molecule has 0 bridgehead atoms. The fourth-order valence-electron chi connectivity index (χ4n) is 1.79. The molecule has 2 aromatic rings. The quantitative estimate of drug-likeness (QED) is 0.891. The maximum Gasteiger partial charge on any atom is 0.262 e. The number of hydrogen-bond acceptors (Lipinski definition) is 4. The SMILES string of the molecule is COc1ccc(NC(=O)COc2ccccc2F)c(OC)c1.